The predicted octanol–water partition coefficient (Wildman–Crippen LogP) is 2.95. The maximum absolute atomic E-state index is 12.5. The number of carbonyl (C=O) groups is 2. The number of aromatic nitrogens is 3. The molecule has 0 bridgehead atoms. The van der Waals surface area contributed by atoms with Gasteiger partial charge in [0.1, 0.15) is 5.76 Å². The van der Waals surface area contributed by atoms with Crippen molar-refractivity contribution in [3.63, 3.8) is 0 Å². The largest absolute Gasteiger partial charge is 0.467 e. The van der Waals surface area contributed by atoms with Gasteiger partial charge < -0.3 is 14.5 Å². The summed E-state index contributed by atoms with van der Waals surface area (Å²) in [5.74, 6) is -0.371. The first-order valence-corrected chi connectivity index (χ1v) is 8.71. The Kier molecular flexibility index (Phi) is 5.25. The van der Waals surface area contributed by atoms with E-state index in [1.807, 2.05) is 13.8 Å². The average molecular weight is 370 g/mol. The van der Waals surface area contributed by atoms with Crippen LogP contribution in [0.3, 0.4) is 0 Å². The van der Waals surface area contributed by atoms with Crippen molar-refractivity contribution < 1.29 is 18.7 Å². The quantitative estimate of drug-likeness (QED) is 0.670. The number of hydrogen-bond donors (Lipinski definition) is 1. The van der Waals surface area contributed by atoms with Crippen molar-refractivity contribution >= 4 is 22.9 Å². The maximum Gasteiger partial charge on any atom is 0.339 e. The van der Waals surface area contributed by atoms with Crippen LogP contribution < -0.4 is 5.32 Å². The highest BCUT2D eigenvalue weighted by atomic mass is 16.5. The molecule has 0 saturated carbocycles. The summed E-state index contributed by atoms with van der Waals surface area (Å²) in [5.41, 5.74) is 1.64. The lowest BCUT2D eigenvalue weighted by molar-refractivity contribution is -0.125. The van der Waals surface area contributed by atoms with Crippen LogP contribution in [0, 0.1) is 6.92 Å². The van der Waals surface area contributed by atoms with Crippen LogP contribution in [-0.4, -0.2) is 33.2 Å². The fourth-order valence-corrected chi connectivity index (χ4v) is 2.79. The average Bonchev–Trinajstić information content (AvgIpc) is 3.28. The molecule has 0 aliphatic heterocycles. The fourth-order valence-electron chi connectivity index (χ4n) is 2.79. The maximum atomic E-state index is 12.5. The summed E-state index contributed by atoms with van der Waals surface area (Å²) in [6.07, 6.45) is 3.13. The number of ether oxygens (including phenoxy) is 1. The van der Waals surface area contributed by atoms with Crippen molar-refractivity contribution in [3.8, 4) is 0 Å². The van der Waals surface area contributed by atoms with Gasteiger partial charge in [0, 0.05) is 11.7 Å². The van der Waals surface area contributed by atoms with E-state index in [-0.39, 0.29) is 18.7 Å². The first kappa shape index (κ1) is 18.6. The number of nitrogens with one attached hydrogen (secondary N) is 1. The van der Waals surface area contributed by atoms with Crippen LogP contribution in [0.2, 0.25) is 0 Å². The lowest BCUT2D eigenvalue weighted by atomic mass is 10.1. The first-order valence-electron chi connectivity index (χ1n) is 8.71. The zero-order chi connectivity index (χ0) is 19.6. The van der Waals surface area contributed by atoms with E-state index < -0.39 is 11.9 Å². The molecular formula is C19H22N4O4. The van der Waals surface area contributed by atoms with E-state index in [0.29, 0.717) is 28.1 Å². The molecule has 0 aliphatic rings. The molecule has 142 valence electrons. The molecule has 0 saturated heterocycles. The lowest BCUT2D eigenvalue weighted by Gasteiger charge is -2.12. The van der Waals surface area contributed by atoms with Gasteiger partial charge in [-0.3, -0.25) is 4.79 Å². The van der Waals surface area contributed by atoms with Gasteiger partial charge in [-0.1, -0.05) is 0 Å². The number of hydrogen-bond acceptors (Lipinski definition) is 6. The Hall–Kier alpha value is -3.16. The number of furan rings is 1. The number of carbonyl (C=O) groups excluding carboxylic acids is 2. The monoisotopic (exact) mass is 370 g/mol. The van der Waals surface area contributed by atoms with E-state index in [0.717, 1.165) is 0 Å². The van der Waals surface area contributed by atoms with Gasteiger partial charge in [-0.2, -0.15) is 5.10 Å². The number of aryl methyl sites for hydroxylation is 1. The molecule has 0 spiro atoms. The lowest BCUT2D eigenvalue weighted by Crippen LogP contribution is -2.31. The Morgan fingerprint density at radius 3 is 2.78 bits per heavy atom. The molecule has 8 heteroatoms. The number of rotatable bonds is 6. The molecule has 1 N–H and O–H groups in total. The summed E-state index contributed by atoms with van der Waals surface area (Å²) in [4.78, 5) is 29.0. The summed E-state index contributed by atoms with van der Waals surface area (Å²) in [6.45, 7) is 7.17. The van der Waals surface area contributed by atoms with Gasteiger partial charge in [0.2, 0.25) is 0 Å². The number of amides is 1. The van der Waals surface area contributed by atoms with Gasteiger partial charge in [-0.25, -0.2) is 14.5 Å². The predicted molar refractivity (Wildman–Crippen MR) is 98.2 cm³/mol. The van der Waals surface area contributed by atoms with Crippen molar-refractivity contribution in [3.05, 3.63) is 47.7 Å². The molecule has 8 nitrogen and oxygen atoms in total. The van der Waals surface area contributed by atoms with Gasteiger partial charge in [0.25, 0.3) is 5.91 Å². The van der Waals surface area contributed by atoms with E-state index in [1.165, 1.54) is 6.26 Å². The molecular weight excluding hydrogens is 348 g/mol. The molecule has 1 atom stereocenters. The zero-order valence-corrected chi connectivity index (χ0v) is 15.7. The molecule has 0 aromatic carbocycles. The van der Waals surface area contributed by atoms with Crippen LogP contribution in [0.15, 0.2) is 35.1 Å². The smallest absolute Gasteiger partial charge is 0.339 e. The highest BCUT2D eigenvalue weighted by Gasteiger charge is 2.19. The van der Waals surface area contributed by atoms with Crippen LogP contribution in [0.25, 0.3) is 11.0 Å². The second-order valence-electron chi connectivity index (χ2n) is 6.61. The molecule has 3 aromatic rings. The van der Waals surface area contributed by atoms with Crippen molar-refractivity contribution in [2.24, 2.45) is 0 Å². The molecule has 0 radical (unpaired) electrons. The molecule has 3 aromatic heterocycles. The summed E-state index contributed by atoms with van der Waals surface area (Å²) >= 11 is 0. The van der Waals surface area contributed by atoms with Gasteiger partial charge >= 0.3 is 5.97 Å². The SMILES string of the molecule is Cc1cc(C(=O)OCC(=O)N[C@@H](C)c2ccco2)c2cnn(C(C)C)c2n1. The van der Waals surface area contributed by atoms with Crippen LogP contribution in [-0.2, 0) is 9.53 Å². The van der Waals surface area contributed by atoms with Crippen LogP contribution in [0.1, 0.15) is 54.7 Å². The number of fused-ring (bicyclic) bond motifs is 1. The highest BCUT2D eigenvalue weighted by Crippen LogP contribution is 2.21. The number of esters is 1. The zero-order valence-electron chi connectivity index (χ0n) is 15.7. The van der Waals surface area contributed by atoms with E-state index in [9.17, 15) is 9.59 Å². The molecule has 3 heterocycles. The summed E-state index contributed by atoms with van der Waals surface area (Å²) in [7, 11) is 0. The molecule has 27 heavy (non-hydrogen) atoms. The minimum atomic E-state index is -0.588. The van der Waals surface area contributed by atoms with Crippen molar-refractivity contribution in [1.29, 1.82) is 0 Å². The van der Waals surface area contributed by atoms with Gasteiger partial charge in [-0.15, -0.1) is 0 Å². The minimum Gasteiger partial charge on any atom is -0.467 e. The first-order chi connectivity index (χ1) is 12.9. The fraction of sp³-hybridized carbons (Fsp3) is 0.368. The third kappa shape index (κ3) is 3.99. The van der Waals surface area contributed by atoms with E-state index in [4.69, 9.17) is 9.15 Å². The molecule has 0 unspecified atom stereocenters. The topological polar surface area (TPSA) is 99.3 Å². The highest BCUT2D eigenvalue weighted by molar-refractivity contribution is 6.03. The van der Waals surface area contributed by atoms with Gasteiger partial charge in [0.15, 0.2) is 12.3 Å². The molecule has 3 rings (SSSR count). The third-order valence-corrected chi connectivity index (χ3v) is 4.09. The standard InChI is InChI=1S/C19H22N4O4/c1-11(2)23-18-15(9-20-23)14(8-12(3)21-18)19(25)27-10-17(24)22-13(4)16-6-5-7-26-16/h5-9,11,13H,10H2,1-4H3,(H,22,24)/t13-/m0/s1. The summed E-state index contributed by atoms with van der Waals surface area (Å²) in [5, 5.41) is 7.62. The molecule has 0 fully saturated rings. The van der Waals surface area contributed by atoms with E-state index >= 15 is 0 Å². The number of nitrogens with zero attached hydrogens (tertiary/aromatic N) is 3. The minimum absolute atomic E-state index is 0.106. The van der Waals surface area contributed by atoms with E-state index in [1.54, 1.807) is 42.9 Å². The van der Waals surface area contributed by atoms with Crippen LogP contribution in [0.5, 0.6) is 0 Å². The third-order valence-electron chi connectivity index (χ3n) is 4.09. The van der Waals surface area contributed by atoms with Crippen LogP contribution in [0.4, 0.5) is 0 Å². The second-order valence-corrected chi connectivity index (χ2v) is 6.61. The number of pyridine rings is 1. The molecule has 0 aliphatic carbocycles. The Bertz CT molecular complexity index is 960. The van der Waals surface area contributed by atoms with Crippen molar-refractivity contribution in [1.82, 2.24) is 20.1 Å². The Labute approximate surface area is 156 Å². The Balaban J connectivity index is 1.70. The van der Waals surface area contributed by atoms with Gasteiger partial charge in [-0.05, 0) is 45.9 Å². The second kappa shape index (κ2) is 7.61. The summed E-state index contributed by atoms with van der Waals surface area (Å²) < 4.78 is 12.2. The normalized spacial score (nSPS) is 12.3. The van der Waals surface area contributed by atoms with Crippen molar-refractivity contribution in [2.45, 2.75) is 39.8 Å². The van der Waals surface area contributed by atoms with Gasteiger partial charge in [0.05, 0.1) is 29.5 Å². The van der Waals surface area contributed by atoms with E-state index in [2.05, 4.69) is 15.4 Å². The van der Waals surface area contributed by atoms with Crippen LogP contribution >= 0.6 is 0 Å². The Morgan fingerprint density at radius 2 is 2.11 bits per heavy atom. The molecule has 1 amide bonds. The van der Waals surface area contributed by atoms with Crippen molar-refractivity contribution in [2.75, 3.05) is 6.61 Å². The Morgan fingerprint density at radius 1 is 1.33 bits per heavy atom. The summed E-state index contributed by atoms with van der Waals surface area (Å²) in [6, 6.07) is 4.94.